The van der Waals surface area contributed by atoms with E-state index in [1.807, 2.05) is 44.2 Å². The molecule has 1 rings (SSSR count). The minimum atomic E-state index is 0. The molecule has 0 saturated carbocycles. The Labute approximate surface area is 108 Å². The Hall–Kier alpha value is 0.426. The van der Waals surface area contributed by atoms with Crippen molar-refractivity contribution in [1.82, 2.24) is 0 Å². The molecule has 3 heteroatoms. The van der Waals surface area contributed by atoms with Crippen LogP contribution in [0.5, 0.6) is 0 Å². The third kappa shape index (κ3) is 19.0. The van der Waals surface area contributed by atoms with Crippen LogP contribution < -0.4 is 17.0 Å². The Morgan fingerprint density at radius 1 is 1.00 bits per heavy atom. The van der Waals surface area contributed by atoms with Gasteiger partial charge < -0.3 is 21.7 Å². The number of rotatable bonds is 2. The van der Waals surface area contributed by atoms with Gasteiger partial charge in [0.2, 0.25) is 0 Å². The first-order valence-electron chi connectivity index (χ1n) is 3.90. The van der Waals surface area contributed by atoms with E-state index in [9.17, 15) is 0 Å². The summed E-state index contributed by atoms with van der Waals surface area (Å²) in [5.74, 6) is 0. The van der Waals surface area contributed by atoms with E-state index >= 15 is 0 Å². The van der Waals surface area contributed by atoms with E-state index in [4.69, 9.17) is 4.74 Å². The quantitative estimate of drug-likeness (QED) is 0.494. The fourth-order valence-corrected chi connectivity index (χ4v) is 0.546. The molecule has 70 valence electrons. The van der Waals surface area contributed by atoms with E-state index < -0.39 is 0 Å². The Morgan fingerprint density at radius 3 is 1.54 bits per heavy atom. The number of halogens is 1. The van der Waals surface area contributed by atoms with E-state index in [-0.39, 0.29) is 40.0 Å². The average Bonchev–Trinajstić information content (AvgIpc) is 2.10. The molecule has 1 aromatic carbocycles. The maximum absolute atomic E-state index is 4.83. The van der Waals surface area contributed by atoms with Gasteiger partial charge in [-0.3, -0.25) is 0 Å². The van der Waals surface area contributed by atoms with Gasteiger partial charge in [0.25, 0.3) is 0 Å². The summed E-state index contributed by atoms with van der Waals surface area (Å²) in [7, 11) is 0. The van der Waals surface area contributed by atoms with Crippen molar-refractivity contribution in [3.8, 4) is 0 Å². The van der Waals surface area contributed by atoms with Crippen LogP contribution in [-0.4, -0.2) is 36.3 Å². The third-order valence-corrected chi connectivity index (χ3v) is 1.02. The first-order valence-corrected chi connectivity index (χ1v) is 3.90. The van der Waals surface area contributed by atoms with Crippen molar-refractivity contribution in [1.29, 1.82) is 0 Å². The third-order valence-electron chi connectivity index (χ3n) is 1.02. The molecular formula is C10H15BrMgO. The summed E-state index contributed by atoms with van der Waals surface area (Å²) < 4.78 is 4.83. The summed E-state index contributed by atoms with van der Waals surface area (Å²) >= 11 is 0. The zero-order chi connectivity index (χ0) is 8.36. The van der Waals surface area contributed by atoms with Crippen molar-refractivity contribution in [3.63, 3.8) is 0 Å². The van der Waals surface area contributed by atoms with Crippen molar-refractivity contribution in [2.24, 2.45) is 0 Å². The summed E-state index contributed by atoms with van der Waals surface area (Å²) in [6, 6.07) is 12.5. The first kappa shape index (κ1) is 19.1. The van der Waals surface area contributed by atoms with Crippen molar-refractivity contribution in [2.45, 2.75) is 13.8 Å². The predicted molar refractivity (Wildman–Crippen MR) is 53.2 cm³/mol. The van der Waals surface area contributed by atoms with Gasteiger partial charge in [-0.2, -0.15) is 36.4 Å². The normalized spacial score (nSPS) is 6.92. The van der Waals surface area contributed by atoms with Crippen LogP contribution in [0.4, 0.5) is 0 Å². The molecule has 0 radical (unpaired) electrons. The van der Waals surface area contributed by atoms with Gasteiger partial charge in [-0.25, -0.2) is 0 Å². The van der Waals surface area contributed by atoms with Crippen molar-refractivity contribution in [3.05, 3.63) is 36.4 Å². The van der Waals surface area contributed by atoms with Gasteiger partial charge in [-0.1, -0.05) is 0 Å². The van der Waals surface area contributed by atoms with Gasteiger partial charge in [0.15, 0.2) is 0 Å². The van der Waals surface area contributed by atoms with Gasteiger partial charge in [0, 0.05) is 13.2 Å². The molecule has 0 amide bonds. The van der Waals surface area contributed by atoms with Crippen LogP contribution in [0.1, 0.15) is 13.8 Å². The summed E-state index contributed by atoms with van der Waals surface area (Å²) in [4.78, 5) is 0. The molecule has 0 aliphatic carbocycles. The fourth-order valence-electron chi connectivity index (χ4n) is 0.546. The second kappa shape index (κ2) is 18.3. The van der Waals surface area contributed by atoms with Crippen LogP contribution >= 0.6 is 0 Å². The second-order valence-corrected chi connectivity index (χ2v) is 1.86. The predicted octanol–water partition coefficient (Wildman–Crippen LogP) is -0.847. The summed E-state index contributed by atoms with van der Waals surface area (Å²) in [5, 5.41) is 0. The smallest absolute Gasteiger partial charge is 1.00 e. The van der Waals surface area contributed by atoms with Crippen LogP contribution in [0.3, 0.4) is 0 Å². The van der Waals surface area contributed by atoms with Gasteiger partial charge in [-0.05, 0) is 13.8 Å². The number of hydrogen-bond acceptors (Lipinski definition) is 1. The van der Waals surface area contributed by atoms with E-state index in [1.165, 1.54) is 0 Å². The molecule has 0 fully saturated rings. The van der Waals surface area contributed by atoms with Gasteiger partial charge in [0.1, 0.15) is 0 Å². The molecular weight excluding hydrogens is 240 g/mol. The molecule has 1 aromatic rings. The van der Waals surface area contributed by atoms with E-state index in [0.717, 1.165) is 13.2 Å². The van der Waals surface area contributed by atoms with Gasteiger partial charge in [-0.15, -0.1) is 0 Å². The van der Waals surface area contributed by atoms with Crippen molar-refractivity contribution < 1.29 is 21.7 Å². The summed E-state index contributed by atoms with van der Waals surface area (Å²) in [6.07, 6.45) is 0. The molecule has 0 aliphatic rings. The Kier molecular flexibility index (Phi) is 26.8. The van der Waals surface area contributed by atoms with Crippen LogP contribution in [-0.2, 0) is 4.74 Å². The Bertz CT molecular complexity index is 118. The number of benzene rings is 1. The van der Waals surface area contributed by atoms with Crippen LogP contribution in [0.25, 0.3) is 0 Å². The molecule has 0 spiro atoms. The molecule has 0 saturated heterocycles. The van der Waals surface area contributed by atoms with Gasteiger partial charge in [0.05, 0.1) is 0 Å². The Balaban J connectivity index is -0.000000136. The Morgan fingerprint density at radius 2 is 1.46 bits per heavy atom. The molecule has 13 heavy (non-hydrogen) atoms. The molecule has 0 aromatic heterocycles. The van der Waals surface area contributed by atoms with Gasteiger partial charge >= 0.3 is 23.1 Å². The average molecular weight is 255 g/mol. The van der Waals surface area contributed by atoms with Crippen LogP contribution in [0, 0.1) is 6.07 Å². The zero-order valence-corrected chi connectivity index (χ0v) is 11.3. The maximum Gasteiger partial charge on any atom is 2.00 e. The van der Waals surface area contributed by atoms with Crippen molar-refractivity contribution >= 4 is 23.1 Å². The molecule has 1 nitrogen and oxygen atoms in total. The zero-order valence-electron chi connectivity index (χ0n) is 8.29. The van der Waals surface area contributed by atoms with Crippen LogP contribution in [0.15, 0.2) is 30.3 Å². The molecule has 0 atom stereocenters. The maximum atomic E-state index is 4.83. The summed E-state index contributed by atoms with van der Waals surface area (Å²) in [5.41, 5.74) is 0. The van der Waals surface area contributed by atoms with E-state index in [0.29, 0.717) is 0 Å². The fraction of sp³-hybridized carbons (Fsp3) is 0.400. The van der Waals surface area contributed by atoms with Crippen molar-refractivity contribution in [2.75, 3.05) is 13.2 Å². The number of ether oxygens (including phenoxy) is 1. The van der Waals surface area contributed by atoms with E-state index in [1.54, 1.807) is 0 Å². The topological polar surface area (TPSA) is 9.23 Å². The molecule has 0 unspecified atom stereocenters. The molecule has 0 heterocycles. The molecule has 0 aliphatic heterocycles. The van der Waals surface area contributed by atoms with E-state index in [2.05, 4.69) is 6.07 Å². The first-order chi connectivity index (χ1) is 5.41. The molecule has 0 N–H and O–H groups in total. The number of hydrogen-bond donors (Lipinski definition) is 0. The monoisotopic (exact) mass is 254 g/mol. The molecule has 0 bridgehead atoms. The van der Waals surface area contributed by atoms with Crippen LogP contribution in [0.2, 0.25) is 0 Å². The largest absolute Gasteiger partial charge is 2.00 e. The SMILES string of the molecule is CCOCC.[Br-].[Mg+2].[c-]1ccccc1. The summed E-state index contributed by atoms with van der Waals surface area (Å²) in [6.45, 7) is 5.67. The standard InChI is InChI=1S/C6H5.C4H10O.BrH.Mg/c1-2-4-6-5-3-1;1-3-5-4-2;;/h1-5H;3-4H2,1-2H3;1H;/q-1;;;+2/p-1. The minimum absolute atomic E-state index is 0. The minimum Gasteiger partial charge on any atom is -1.00 e. The second-order valence-electron chi connectivity index (χ2n) is 1.86.